The smallest absolute Gasteiger partial charge is 0.231 e. The summed E-state index contributed by atoms with van der Waals surface area (Å²) in [5.41, 5.74) is 3.59. The highest BCUT2D eigenvalue weighted by molar-refractivity contribution is 9.09. The van der Waals surface area contributed by atoms with Crippen molar-refractivity contribution >= 4 is 27.5 Å². The number of hydrogen-bond acceptors (Lipinski definition) is 1. The van der Waals surface area contributed by atoms with Gasteiger partial charge in [-0.15, -0.1) is 0 Å². The Hall–Kier alpha value is -0.830. The van der Waals surface area contributed by atoms with Crippen LogP contribution in [0.15, 0.2) is 18.2 Å². The molecule has 19 heavy (non-hydrogen) atoms. The summed E-state index contributed by atoms with van der Waals surface area (Å²) in [6, 6.07) is 6.50. The van der Waals surface area contributed by atoms with Crippen LogP contribution >= 0.6 is 15.9 Å². The molecule has 1 heterocycles. The Morgan fingerprint density at radius 3 is 2.84 bits per heavy atom. The number of likely N-dealkylation sites (N-methyl/N-ethyl adjacent to an activating group) is 1. The first-order valence-electron chi connectivity index (χ1n) is 7.11. The third-order valence-corrected chi connectivity index (χ3v) is 6.01. The average molecular weight is 322 g/mol. The third kappa shape index (κ3) is 2.22. The molecule has 3 unspecified atom stereocenters. The van der Waals surface area contributed by atoms with Crippen molar-refractivity contribution in [3.63, 3.8) is 0 Å². The van der Waals surface area contributed by atoms with Crippen LogP contribution in [0.3, 0.4) is 0 Å². The number of fused-ring (bicyclic) bond motifs is 1. The van der Waals surface area contributed by atoms with Crippen LogP contribution in [0.5, 0.6) is 0 Å². The molecule has 2 nitrogen and oxygen atoms in total. The number of amides is 1. The summed E-state index contributed by atoms with van der Waals surface area (Å²) >= 11 is 3.89. The van der Waals surface area contributed by atoms with Crippen molar-refractivity contribution in [3.05, 3.63) is 29.3 Å². The molecular weight excluding hydrogens is 302 g/mol. The summed E-state index contributed by atoms with van der Waals surface area (Å²) in [5, 5.41) is 0. The van der Waals surface area contributed by atoms with E-state index in [1.165, 1.54) is 30.4 Å². The Labute approximate surface area is 123 Å². The first-order chi connectivity index (χ1) is 9.08. The van der Waals surface area contributed by atoms with Crippen molar-refractivity contribution in [2.45, 2.75) is 37.4 Å². The minimum atomic E-state index is 0.201. The van der Waals surface area contributed by atoms with Crippen molar-refractivity contribution in [3.8, 4) is 0 Å². The molecule has 0 N–H and O–H groups in total. The van der Waals surface area contributed by atoms with Gasteiger partial charge in [-0.25, -0.2) is 0 Å². The quantitative estimate of drug-likeness (QED) is 0.752. The lowest BCUT2D eigenvalue weighted by Gasteiger charge is -2.23. The van der Waals surface area contributed by atoms with Gasteiger partial charge in [0.05, 0.1) is 6.42 Å². The average Bonchev–Trinajstić information content (AvgIpc) is 2.93. The monoisotopic (exact) mass is 321 g/mol. The van der Waals surface area contributed by atoms with Gasteiger partial charge in [0, 0.05) is 17.6 Å². The second-order valence-electron chi connectivity index (χ2n) is 5.99. The van der Waals surface area contributed by atoms with Gasteiger partial charge >= 0.3 is 0 Å². The zero-order valence-electron chi connectivity index (χ0n) is 11.5. The van der Waals surface area contributed by atoms with Gasteiger partial charge in [-0.3, -0.25) is 4.79 Å². The third-order valence-electron chi connectivity index (χ3n) is 4.80. The molecule has 1 aromatic carbocycles. The van der Waals surface area contributed by atoms with E-state index in [0.717, 1.165) is 17.5 Å². The van der Waals surface area contributed by atoms with Crippen molar-refractivity contribution < 1.29 is 4.79 Å². The summed E-state index contributed by atoms with van der Waals surface area (Å²) in [5.74, 6) is 1.72. The SMILES string of the molecule is CC1CCCC1C(Br)c1ccc2c(c1)CC(=O)N2C. The summed E-state index contributed by atoms with van der Waals surface area (Å²) in [6.07, 6.45) is 4.56. The number of anilines is 1. The van der Waals surface area contributed by atoms with E-state index in [4.69, 9.17) is 0 Å². The second kappa shape index (κ2) is 4.93. The van der Waals surface area contributed by atoms with Gasteiger partial charge in [-0.1, -0.05) is 47.8 Å². The van der Waals surface area contributed by atoms with E-state index in [2.05, 4.69) is 41.1 Å². The number of carbonyl (C=O) groups excluding carboxylic acids is 1. The number of hydrogen-bond donors (Lipinski definition) is 0. The molecule has 102 valence electrons. The Kier molecular flexibility index (Phi) is 3.42. The Bertz CT molecular complexity index is 513. The first-order valence-corrected chi connectivity index (χ1v) is 8.03. The van der Waals surface area contributed by atoms with Crippen molar-refractivity contribution in [2.24, 2.45) is 11.8 Å². The van der Waals surface area contributed by atoms with Gasteiger partial charge in [0.1, 0.15) is 0 Å². The van der Waals surface area contributed by atoms with Gasteiger partial charge in [-0.05, 0) is 35.4 Å². The lowest BCUT2D eigenvalue weighted by atomic mass is 9.90. The van der Waals surface area contributed by atoms with E-state index in [9.17, 15) is 4.79 Å². The molecule has 0 radical (unpaired) electrons. The highest BCUT2D eigenvalue weighted by Crippen LogP contribution is 2.45. The molecule has 0 aromatic heterocycles. The summed E-state index contributed by atoms with van der Waals surface area (Å²) < 4.78 is 0. The van der Waals surface area contributed by atoms with Crippen LogP contribution in [-0.4, -0.2) is 13.0 Å². The molecule has 0 saturated heterocycles. The second-order valence-corrected chi connectivity index (χ2v) is 6.98. The van der Waals surface area contributed by atoms with E-state index >= 15 is 0 Å². The number of alkyl halides is 1. The molecule has 3 heteroatoms. The fourth-order valence-electron chi connectivity index (χ4n) is 3.52. The van der Waals surface area contributed by atoms with Gasteiger partial charge in [0.25, 0.3) is 0 Å². The molecule has 0 bridgehead atoms. The summed E-state index contributed by atoms with van der Waals surface area (Å²) in [6.45, 7) is 2.36. The molecule has 1 aliphatic carbocycles. The molecule has 3 rings (SSSR count). The predicted molar refractivity (Wildman–Crippen MR) is 81.7 cm³/mol. The summed E-state index contributed by atoms with van der Waals surface area (Å²) in [4.78, 5) is 13.9. The zero-order valence-corrected chi connectivity index (χ0v) is 13.1. The van der Waals surface area contributed by atoms with Crippen LogP contribution in [0, 0.1) is 11.8 Å². The lowest BCUT2D eigenvalue weighted by Crippen LogP contribution is -2.20. The molecule has 1 aromatic rings. The topological polar surface area (TPSA) is 20.3 Å². The highest BCUT2D eigenvalue weighted by atomic mass is 79.9. The van der Waals surface area contributed by atoms with Crippen LogP contribution in [0.4, 0.5) is 5.69 Å². The number of halogens is 1. The zero-order chi connectivity index (χ0) is 13.6. The van der Waals surface area contributed by atoms with Gasteiger partial charge in [0.15, 0.2) is 0 Å². The number of benzene rings is 1. The van der Waals surface area contributed by atoms with Crippen LogP contribution < -0.4 is 4.90 Å². The maximum Gasteiger partial charge on any atom is 0.231 e. The fourth-order valence-corrected chi connectivity index (χ4v) is 4.59. The van der Waals surface area contributed by atoms with Gasteiger partial charge in [0.2, 0.25) is 5.91 Å². The number of rotatable bonds is 2. The maximum atomic E-state index is 11.7. The van der Waals surface area contributed by atoms with Crippen LogP contribution in [0.25, 0.3) is 0 Å². The standard InChI is InChI=1S/C16H20BrNO/c1-10-4-3-5-13(10)16(17)11-6-7-14-12(8-11)9-15(19)18(14)2/h6-8,10,13,16H,3-5,9H2,1-2H3. The predicted octanol–water partition coefficient (Wildman–Crippen LogP) is 4.08. The molecular formula is C16H20BrNO. The molecule has 1 aliphatic heterocycles. The minimum Gasteiger partial charge on any atom is -0.315 e. The fraction of sp³-hybridized carbons (Fsp3) is 0.562. The first kappa shape index (κ1) is 13.2. The molecule has 1 saturated carbocycles. The van der Waals surface area contributed by atoms with Crippen LogP contribution in [0.1, 0.15) is 42.1 Å². The van der Waals surface area contributed by atoms with Crippen molar-refractivity contribution in [1.29, 1.82) is 0 Å². The number of nitrogens with zero attached hydrogens (tertiary/aromatic N) is 1. The van der Waals surface area contributed by atoms with E-state index in [1.807, 2.05) is 7.05 Å². The highest BCUT2D eigenvalue weighted by Gasteiger charge is 2.31. The molecule has 1 amide bonds. The number of carbonyl (C=O) groups is 1. The van der Waals surface area contributed by atoms with E-state index in [-0.39, 0.29) is 5.91 Å². The lowest BCUT2D eigenvalue weighted by molar-refractivity contribution is -0.117. The van der Waals surface area contributed by atoms with Crippen LogP contribution in [0.2, 0.25) is 0 Å². The van der Waals surface area contributed by atoms with Crippen molar-refractivity contribution in [2.75, 3.05) is 11.9 Å². The molecule has 2 aliphatic rings. The Morgan fingerprint density at radius 2 is 2.16 bits per heavy atom. The van der Waals surface area contributed by atoms with Gasteiger partial charge < -0.3 is 4.90 Å². The minimum absolute atomic E-state index is 0.201. The van der Waals surface area contributed by atoms with Gasteiger partial charge in [-0.2, -0.15) is 0 Å². The van der Waals surface area contributed by atoms with E-state index < -0.39 is 0 Å². The summed E-state index contributed by atoms with van der Waals surface area (Å²) in [7, 11) is 1.86. The maximum absolute atomic E-state index is 11.7. The van der Waals surface area contributed by atoms with Crippen molar-refractivity contribution in [1.82, 2.24) is 0 Å². The van der Waals surface area contributed by atoms with E-state index in [0.29, 0.717) is 11.2 Å². The Balaban J connectivity index is 1.87. The normalized spacial score (nSPS) is 27.7. The Morgan fingerprint density at radius 1 is 1.37 bits per heavy atom. The van der Waals surface area contributed by atoms with E-state index in [1.54, 1.807) is 4.90 Å². The molecule has 3 atom stereocenters. The molecule has 1 fully saturated rings. The van der Waals surface area contributed by atoms with Crippen LogP contribution in [-0.2, 0) is 11.2 Å². The molecule has 0 spiro atoms. The largest absolute Gasteiger partial charge is 0.315 e.